The van der Waals surface area contributed by atoms with Crippen molar-refractivity contribution in [2.75, 3.05) is 6.54 Å². The second kappa shape index (κ2) is 7.18. The number of carbonyl (C=O) groups is 2. The van der Waals surface area contributed by atoms with E-state index in [1.807, 2.05) is 20.8 Å². The van der Waals surface area contributed by atoms with E-state index in [1.165, 1.54) is 0 Å². The Kier molecular flexibility index (Phi) is 5.87. The van der Waals surface area contributed by atoms with Gasteiger partial charge in [-0.25, -0.2) is 4.79 Å². The van der Waals surface area contributed by atoms with Gasteiger partial charge in [0.1, 0.15) is 5.60 Å². The summed E-state index contributed by atoms with van der Waals surface area (Å²) < 4.78 is 5.20. The van der Waals surface area contributed by atoms with E-state index in [1.54, 1.807) is 6.92 Å². The van der Waals surface area contributed by atoms with Crippen LogP contribution in [0.25, 0.3) is 0 Å². The maximum atomic E-state index is 11.5. The fourth-order valence-electron chi connectivity index (χ4n) is 2.11. The number of carbonyl (C=O) groups excluding carboxylic acids is 2. The van der Waals surface area contributed by atoms with Crippen molar-refractivity contribution in [2.24, 2.45) is 5.92 Å². The quantitative estimate of drug-likeness (QED) is 0.772. The zero-order valence-corrected chi connectivity index (χ0v) is 12.7. The molecule has 0 bridgehead atoms. The summed E-state index contributed by atoms with van der Waals surface area (Å²) in [6, 6.07) is 0.195. The summed E-state index contributed by atoms with van der Waals surface area (Å²) in [7, 11) is 0. The molecule has 0 atom stereocenters. The van der Waals surface area contributed by atoms with Crippen LogP contribution in [-0.2, 0) is 9.53 Å². The third kappa shape index (κ3) is 6.46. The van der Waals surface area contributed by atoms with Crippen LogP contribution in [0.2, 0.25) is 0 Å². The second-order valence-corrected chi connectivity index (χ2v) is 6.10. The van der Waals surface area contributed by atoms with E-state index in [9.17, 15) is 9.59 Å². The van der Waals surface area contributed by atoms with Gasteiger partial charge in [-0.15, -0.1) is 0 Å². The molecule has 5 heteroatoms. The molecule has 0 saturated heterocycles. The Morgan fingerprint density at radius 3 is 2.50 bits per heavy atom. The summed E-state index contributed by atoms with van der Waals surface area (Å²) in [6.45, 7) is 7.81. The SMILES string of the molecule is CC#CC(=O)NCCC1CC(NC(=O)OC(C)(C)C)C1. The van der Waals surface area contributed by atoms with Crippen molar-refractivity contribution in [1.82, 2.24) is 10.6 Å². The molecule has 20 heavy (non-hydrogen) atoms. The molecule has 2 amide bonds. The first-order valence-electron chi connectivity index (χ1n) is 7.00. The molecule has 0 aromatic rings. The smallest absolute Gasteiger partial charge is 0.407 e. The highest BCUT2D eigenvalue weighted by atomic mass is 16.6. The van der Waals surface area contributed by atoms with Gasteiger partial charge in [0.25, 0.3) is 5.91 Å². The molecule has 0 aromatic carbocycles. The number of alkyl carbamates (subject to hydrolysis) is 1. The topological polar surface area (TPSA) is 67.4 Å². The van der Waals surface area contributed by atoms with Gasteiger partial charge in [-0.05, 0) is 58.8 Å². The van der Waals surface area contributed by atoms with Gasteiger partial charge in [-0.2, -0.15) is 0 Å². The second-order valence-electron chi connectivity index (χ2n) is 6.10. The molecule has 0 spiro atoms. The van der Waals surface area contributed by atoms with Gasteiger partial charge in [0, 0.05) is 12.6 Å². The van der Waals surface area contributed by atoms with Crippen molar-refractivity contribution in [3.05, 3.63) is 0 Å². The number of rotatable bonds is 4. The van der Waals surface area contributed by atoms with Gasteiger partial charge in [0.05, 0.1) is 0 Å². The maximum absolute atomic E-state index is 11.5. The number of ether oxygens (including phenoxy) is 1. The van der Waals surface area contributed by atoms with Crippen LogP contribution in [0.15, 0.2) is 0 Å². The van der Waals surface area contributed by atoms with Crippen molar-refractivity contribution in [1.29, 1.82) is 0 Å². The summed E-state index contributed by atoms with van der Waals surface area (Å²) >= 11 is 0. The molecule has 5 nitrogen and oxygen atoms in total. The molecule has 1 fully saturated rings. The Morgan fingerprint density at radius 1 is 1.30 bits per heavy atom. The monoisotopic (exact) mass is 280 g/mol. The van der Waals surface area contributed by atoms with Crippen molar-refractivity contribution in [3.8, 4) is 11.8 Å². The third-order valence-electron chi connectivity index (χ3n) is 3.03. The number of hydrogen-bond donors (Lipinski definition) is 2. The maximum Gasteiger partial charge on any atom is 0.407 e. The van der Waals surface area contributed by atoms with E-state index in [0.29, 0.717) is 12.5 Å². The lowest BCUT2D eigenvalue weighted by Crippen LogP contribution is -2.46. The zero-order chi connectivity index (χ0) is 15.2. The molecular formula is C15H24N2O3. The number of amides is 2. The summed E-state index contributed by atoms with van der Waals surface area (Å²) in [4.78, 5) is 22.7. The van der Waals surface area contributed by atoms with E-state index in [0.717, 1.165) is 19.3 Å². The Morgan fingerprint density at radius 2 is 1.95 bits per heavy atom. The molecule has 1 rings (SSSR count). The van der Waals surface area contributed by atoms with Crippen LogP contribution in [-0.4, -0.2) is 30.2 Å². The van der Waals surface area contributed by atoms with Crippen LogP contribution in [0.4, 0.5) is 4.79 Å². The standard InChI is InChI=1S/C15H24N2O3/c1-5-6-13(18)16-8-7-11-9-12(10-11)17-14(19)20-15(2,3)4/h11-12H,7-10H2,1-4H3,(H,16,18)(H,17,19). The summed E-state index contributed by atoms with van der Waals surface area (Å²) in [5.41, 5.74) is -0.460. The van der Waals surface area contributed by atoms with Crippen LogP contribution in [0.5, 0.6) is 0 Å². The van der Waals surface area contributed by atoms with Crippen molar-refractivity contribution < 1.29 is 14.3 Å². The first-order chi connectivity index (χ1) is 9.30. The minimum Gasteiger partial charge on any atom is -0.444 e. The van der Waals surface area contributed by atoms with Gasteiger partial charge >= 0.3 is 6.09 Å². The van der Waals surface area contributed by atoms with Gasteiger partial charge in [0.15, 0.2) is 0 Å². The lowest BCUT2D eigenvalue weighted by Gasteiger charge is -2.36. The highest BCUT2D eigenvalue weighted by Crippen LogP contribution is 2.30. The van der Waals surface area contributed by atoms with Gasteiger partial charge in [-0.3, -0.25) is 4.79 Å². The first kappa shape index (κ1) is 16.4. The molecule has 1 aliphatic rings. The minimum atomic E-state index is -0.460. The Hall–Kier alpha value is -1.70. The molecule has 0 heterocycles. The van der Waals surface area contributed by atoms with Crippen molar-refractivity contribution in [3.63, 3.8) is 0 Å². The van der Waals surface area contributed by atoms with Crippen LogP contribution in [0, 0.1) is 17.8 Å². The zero-order valence-electron chi connectivity index (χ0n) is 12.7. The molecule has 1 saturated carbocycles. The van der Waals surface area contributed by atoms with Gasteiger partial charge < -0.3 is 15.4 Å². The molecule has 2 N–H and O–H groups in total. The molecule has 112 valence electrons. The highest BCUT2D eigenvalue weighted by Gasteiger charge is 2.31. The largest absolute Gasteiger partial charge is 0.444 e. The molecule has 0 radical (unpaired) electrons. The lowest BCUT2D eigenvalue weighted by atomic mass is 9.78. The fourth-order valence-corrected chi connectivity index (χ4v) is 2.11. The molecule has 0 aliphatic heterocycles. The highest BCUT2D eigenvalue weighted by molar-refractivity contribution is 5.93. The lowest BCUT2D eigenvalue weighted by molar-refractivity contribution is -0.115. The molecule has 0 aromatic heterocycles. The average Bonchev–Trinajstić information content (AvgIpc) is 2.23. The normalized spacial score (nSPS) is 21.0. The van der Waals surface area contributed by atoms with E-state index in [-0.39, 0.29) is 18.0 Å². The summed E-state index contributed by atoms with van der Waals surface area (Å²) in [5.74, 6) is 5.32. The van der Waals surface area contributed by atoms with Crippen LogP contribution in [0.3, 0.4) is 0 Å². The minimum absolute atomic E-state index is 0.195. The molecule has 0 unspecified atom stereocenters. The Bertz CT molecular complexity index is 409. The van der Waals surface area contributed by atoms with E-state index in [2.05, 4.69) is 22.5 Å². The van der Waals surface area contributed by atoms with Gasteiger partial charge in [-0.1, -0.05) is 5.92 Å². The number of hydrogen-bond acceptors (Lipinski definition) is 3. The Balaban J connectivity index is 2.09. The predicted molar refractivity (Wildman–Crippen MR) is 77.0 cm³/mol. The summed E-state index contributed by atoms with van der Waals surface area (Å²) in [6.07, 6.45) is 2.44. The predicted octanol–water partition coefficient (Wildman–Crippen LogP) is 1.82. The van der Waals surface area contributed by atoms with Crippen LogP contribution in [0.1, 0.15) is 47.0 Å². The van der Waals surface area contributed by atoms with E-state index in [4.69, 9.17) is 4.74 Å². The molecule has 1 aliphatic carbocycles. The van der Waals surface area contributed by atoms with Crippen LogP contribution >= 0.6 is 0 Å². The van der Waals surface area contributed by atoms with E-state index >= 15 is 0 Å². The first-order valence-corrected chi connectivity index (χ1v) is 7.00. The summed E-state index contributed by atoms with van der Waals surface area (Å²) in [5, 5.41) is 5.60. The van der Waals surface area contributed by atoms with Gasteiger partial charge in [0.2, 0.25) is 0 Å². The third-order valence-corrected chi connectivity index (χ3v) is 3.03. The fraction of sp³-hybridized carbons (Fsp3) is 0.733. The van der Waals surface area contributed by atoms with Crippen LogP contribution < -0.4 is 10.6 Å². The van der Waals surface area contributed by atoms with Crippen molar-refractivity contribution >= 4 is 12.0 Å². The Labute approximate surface area is 120 Å². The number of nitrogens with one attached hydrogen (secondary N) is 2. The van der Waals surface area contributed by atoms with Crippen molar-refractivity contribution in [2.45, 2.75) is 58.6 Å². The molecular weight excluding hydrogens is 256 g/mol. The average molecular weight is 280 g/mol. The van der Waals surface area contributed by atoms with E-state index < -0.39 is 5.60 Å².